The number of benzene rings is 1. The van der Waals surface area contributed by atoms with Gasteiger partial charge in [-0.05, 0) is 0 Å². The number of ketones is 1. The van der Waals surface area contributed by atoms with Crippen molar-refractivity contribution in [1.29, 1.82) is 0 Å². The number of H-pyrrole nitrogens is 1. The van der Waals surface area contributed by atoms with Crippen LogP contribution >= 0.6 is 0 Å². The van der Waals surface area contributed by atoms with Crippen LogP contribution in [0.25, 0.3) is 11.3 Å². The number of aromatic amines is 1. The molecule has 0 bridgehead atoms. The van der Waals surface area contributed by atoms with E-state index in [1.807, 2.05) is 37.3 Å². The molecule has 0 aliphatic carbocycles. The summed E-state index contributed by atoms with van der Waals surface area (Å²) in [6, 6.07) is 10.9. The Morgan fingerprint density at radius 3 is 2.67 bits per heavy atom. The molecule has 0 fully saturated rings. The average molecular weight is 324 g/mol. The first kappa shape index (κ1) is 15.7. The third-order valence-corrected chi connectivity index (χ3v) is 3.53. The third kappa shape index (κ3) is 2.99. The molecule has 24 heavy (non-hydrogen) atoms. The molecule has 3 rings (SSSR count). The van der Waals surface area contributed by atoms with Crippen molar-refractivity contribution in [1.82, 2.24) is 10.1 Å². The lowest BCUT2D eigenvalue weighted by atomic mass is 9.98. The lowest BCUT2D eigenvalue weighted by molar-refractivity contribution is -0.132. The van der Waals surface area contributed by atoms with E-state index in [0.717, 1.165) is 5.56 Å². The highest BCUT2D eigenvalue weighted by molar-refractivity contribution is 6.13. The van der Waals surface area contributed by atoms with Crippen molar-refractivity contribution in [3.63, 3.8) is 0 Å². The van der Waals surface area contributed by atoms with E-state index in [2.05, 4.69) is 10.1 Å². The largest absolute Gasteiger partial charge is 0.410 e. The van der Waals surface area contributed by atoms with E-state index < -0.39 is 5.97 Å². The van der Waals surface area contributed by atoms with E-state index in [1.54, 1.807) is 0 Å². The molecule has 6 heteroatoms. The van der Waals surface area contributed by atoms with Crippen LogP contribution < -0.4 is 4.74 Å². The highest BCUT2D eigenvalue weighted by Crippen LogP contribution is 2.28. The summed E-state index contributed by atoms with van der Waals surface area (Å²) in [6.07, 6.45) is 2.05. The maximum atomic E-state index is 12.9. The Hall–Kier alpha value is -3.15. The summed E-state index contributed by atoms with van der Waals surface area (Å²) in [4.78, 5) is 26.7. The number of carbonyl (C=O) groups is 2. The molecule has 122 valence electrons. The van der Waals surface area contributed by atoms with Gasteiger partial charge < -0.3 is 14.2 Å². The van der Waals surface area contributed by atoms with Crippen LogP contribution in [0.3, 0.4) is 0 Å². The topological polar surface area (TPSA) is 85.2 Å². The normalized spacial score (nSPS) is 10.6. The van der Waals surface area contributed by atoms with Crippen molar-refractivity contribution in [2.75, 3.05) is 0 Å². The minimum absolute atomic E-state index is 0.224. The van der Waals surface area contributed by atoms with Gasteiger partial charge in [-0.2, -0.15) is 0 Å². The quantitative estimate of drug-likeness (QED) is 0.574. The van der Waals surface area contributed by atoms with Gasteiger partial charge in [0, 0.05) is 36.7 Å². The summed E-state index contributed by atoms with van der Waals surface area (Å²) in [6.45, 7) is 3.19. The summed E-state index contributed by atoms with van der Waals surface area (Å²) in [5.74, 6) is 0.0531. The highest BCUT2D eigenvalue weighted by atomic mass is 16.5. The number of carbonyl (C=O) groups excluding carboxylic acids is 2. The standard InChI is InChI=1S/C18H16N2O4/c1-3-14-16(17(20-24-14)12-7-5-4-6-8-12)18(22)13-9-15(19-10-13)23-11(2)21/h4-10,19H,3H2,1-2H3. The number of esters is 1. The van der Waals surface area contributed by atoms with Gasteiger partial charge in [0.25, 0.3) is 0 Å². The van der Waals surface area contributed by atoms with Gasteiger partial charge in [-0.1, -0.05) is 42.4 Å². The van der Waals surface area contributed by atoms with E-state index in [4.69, 9.17) is 9.26 Å². The fourth-order valence-electron chi connectivity index (χ4n) is 2.46. The van der Waals surface area contributed by atoms with Gasteiger partial charge in [-0.3, -0.25) is 9.59 Å². The number of ether oxygens (including phenoxy) is 1. The van der Waals surface area contributed by atoms with E-state index in [0.29, 0.717) is 29.0 Å². The second-order valence-corrected chi connectivity index (χ2v) is 5.22. The Morgan fingerprint density at radius 2 is 2.00 bits per heavy atom. The van der Waals surface area contributed by atoms with Crippen LogP contribution in [-0.2, 0) is 11.2 Å². The van der Waals surface area contributed by atoms with Gasteiger partial charge in [0.05, 0.1) is 5.56 Å². The van der Waals surface area contributed by atoms with E-state index in [9.17, 15) is 9.59 Å². The minimum atomic E-state index is -0.458. The van der Waals surface area contributed by atoms with Crippen LogP contribution in [0.4, 0.5) is 0 Å². The summed E-state index contributed by atoms with van der Waals surface area (Å²) in [7, 11) is 0. The van der Waals surface area contributed by atoms with Crippen molar-refractivity contribution >= 4 is 11.8 Å². The SMILES string of the molecule is CCc1onc(-c2ccccc2)c1C(=O)c1c[nH]c(OC(C)=O)c1. The lowest BCUT2D eigenvalue weighted by Gasteiger charge is -2.01. The second-order valence-electron chi connectivity index (χ2n) is 5.22. The van der Waals surface area contributed by atoms with Gasteiger partial charge >= 0.3 is 5.97 Å². The van der Waals surface area contributed by atoms with Crippen molar-refractivity contribution in [3.05, 3.63) is 59.5 Å². The summed E-state index contributed by atoms with van der Waals surface area (Å²) < 4.78 is 10.3. The van der Waals surface area contributed by atoms with Crippen LogP contribution in [-0.4, -0.2) is 21.9 Å². The second kappa shape index (κ2) is 6.54. The van der Waals surface area contributed by atoms with E-state index >= 15 is 0 Å². The van der Waals surface area contributed by atoms with Gasteiger partial charge in [0.2, 0.25) is 11.7 Å². The van der Waals surface area contributed by atoms with Crippen LogP contribution in [0.2, 0.25) is 0 Å². The number of hydrogen-bond donors (Lipinski definition) is 1. The van der Waals surface area contributed by atoms with Crippen molar-refractivity contribution in [2.45, 2.75) is 20.3 Å². The summed E-state index contributed by atoms with van der Waals surface area (Å²) in [5, 5.41) is 4.07. The summed E-state index contributed by atoms with van der Waals surface area (Å²) >= 11 is 0. The van der Waals surface area contributed by atoms with Gasteiger partial charge in [0.15, 0.2) is 0 Å². The Morgan fingerprint density at radius 1 is 1.25 bits per heavy atom. The van der Waals surface area contributed by atoms with E-state index in [-0.39, 0.29) is 11.7 Å². The molecule has 0 aliphatic heterocycles. The first-order valence-corrected chi connectivity index (χ1v) is 7.55. The number of aromatic nitrogens is 2. The maximum Gasteiger partial charge on any atom is 0.309 e. The number of rotatable bonds is 5. The molecule has 0 saturated carbocycles. The minimum Gasteiger partial charge on any atom is -0.410 e. The molecule has 0 unspecified atom stereocenters. The Balaban J connectivity index is 2.02. The zero-order chi connectivity index (χ0) is 17.1. The molecule has 3 aromatic rings. The first-order chi connectivity index (χ1) is 11.6. The van der Waals surface area contributed by atoms with Crippen LogP contribution in [0.1, 0.15) is 35.5 Å². The van der Waals surface area contributed by atoms with Gasteiger partial charge in [-0.15, -0.1) is 0 Å². The Bertz CT molecular complexity index is 878. The maximum absolute atomic E-state index is 12.9. The van der Waals surface area contributed by atoms with Crippen LogP contribution in [0.15, 0.2) is 47.1 Å². The number of hydrogen-bond acceptors (Lipinski definition) is 5. The fraction of sp³-hybridized carbons (Fsp3) is 0.167. The Kier molecular flexibility index (Phi) is 4.29. The molecular formula is C18H16N2O4. The number of aryl methyl sites for hydroxylation is 1. The fourth-order valence-corrected chi connectivity index (χ4v) is 2.46. The van der Waals surface area contributed by atoms with Gasteiger partial charge in [-0.25, -0.2) is 0 Å². The molecule has 0 amide bonds. The zero-order valence-electron chi connectivity index (χ0n) is 13.3. The monoisotopic (exact) mass is 324 g/mol. The molecular weight excluding hydrogens is 308 g/mol. The first-order valence-electron chi connectivity index (χ1n) is 7.55. The molecule has 1 N–H and O–H groups in total. The third-order valence-electron chi connectivity index (χ3n) is 3.53. The lowest BCUT2D eigenvalue weighted by Crippen LogP contribution is -2.04. The molecule has 2 aromatic heterocycles. The molecule has 0 saturated heterocycles. The van der Waals surface area contributed by atoms with E-state index in [1.165, 1.54) is 19.2 Å². The smallest absolute Gasteiger partial charge is 0.309 e. The molecule has 0 radical (unpaired) electrons. The molecule has 1 aromatic carbocycles. The van der Waals surface area contributed by atoms with Crippen LogP contribution in [0, 0.1) is 0 Å². The average Bonchev–Trinajstić information content (AvgIpc) is 3.21. The molecule has 0 aliphatic rings. The van der Waals surface area contributed by atoms with Crippen LogP contribution in [0.5, 0.6) is 5.88 Å². The predicted octanol–water partition coefficient (Wildman–Crippen LogP) is 3.39. The molecule has 6 nitrogen and oxygen atoms in total. The van der Waals surface area contributed by atoms with Crippen molar-refractivity contribution in [3.8, 4) is 17.1 Å². The van der Waals surface area contributed by atoms with Gasteiger partial charge in [0.1, 0.15) is 11.5 Å². The zero-order valence-corrected chi connectivity index (χ0v) is 13.3. The molecule has 0 atom stereocenters. The van der Waals surface area contributed by atoms with Crippen molar-refractivity contribution < 1.29 is 18.8 Å². The number of nitrogens with zero attached hydrogens (tertiary/aromatic N) is 1. The summed E-state index contributed by atoms with van der Waals surface area (Å²) in [5.41, 5.74) is 2.12. The molecule has 2 heterocycles. The highest BCUT2D eigenvalue weighted by Gasteiger charge is 2.25. The number of nitrogens with one attached hydrogen (secondary N) is 1. The molecule has 0 spiro atoms. The predicted molar refractivity (Wildman–Crippen MR) is 86.9 cm³/mol. The Labute approximate surface area is 138 Å². The van der Waals surface area contributed by atoms with Crippen molar-refractivity contribution in [2.24, 2.45) is 0 Å².